The summed E-state index contributed by atoms with van der Waals surface area (Å²) in [5.41, 5.74) is 2.99. The van der Waals surface area contributed by atoms with Crippen molar-refractivity contribution in [2.45, 2.75) is 19.0 Å². The van der Waals surface area contributed by atoms with E-state index >= 15 is 0 Å². The lowest BCUT2D eigenvalue weighted by molar-refractivity contribution is -0.137. The van der Waals surface area contributed by atoms with Crippen LogP contribution in [0.4, 0.5) is 0 Å². The second-order valence-corrected chi connectivity index (χ2v) is 6.75. The van der Waals surface area contributed by atoms with Gasteiger partial charge in [0.15, 0.2) is 11.0 Å². The number of esters is 1. The second kappa shape index (κ2) is 8.73. The minimum atomic E-state index is -0.307. The molecule has 3 rings (SSSR count). The lowest BCUT2D eigenvalue weighted by Crippen LogP contribution is -2.05. The molecule has 2 aromatic carbocycles. The number of aryl methyl sites for hydroxylation is 1. The fourth-order valence-corrected chi connectivity index (χ4v) is 3.39. The number of ether oxygens (including phenoxy) is 2. The van der Waals surface area contributed by atoms with Crippen LogP contribution < -0.4 is 4.74 Å². The summed E-state index contributed by atoms with van der Waals surface area (Å²) in [6, 6.07) is 15.8. The Hall–Kier alpha value is -2.80. The number of methoxy groups -OCH3 is 1. The molecular weight excluding hydrogens is 362 g/mol. The summed E-state index contributed by atoms with van der Waals surface area (Å²) in [6.07, 6.45) is 0. The number of hydrogen-bond acceptors (Lipinski definition) is 6. The van der Waals surface area contributed by atoms with Crippen LogP contribution in [0.25, 0.3) is 17.1 Å². The van der Waals surface area contributed by atoms with E-state index in [0.717, 1.165) is 28.4 Å². The molecule has 140 valence electrons. The minimum absolute atomic E-state index is 0.166. The van der Waals surface area contributed by atoms with Gasteiger partial charge < -0.3 is 9.47 Å². The highest BCUT2D eigenvalue weighted by Crippen LogP contribution is 2.29. The first kappa shape index (κ1) is 19.0. The molecule has 1 aromatic heterocycles. The van der Waals surface area contributed by atoms with E-state index in [1.165, 1.54) is 18.9 Å². The Balaban J connectivity index is 2.03. The maximum Gasteiger partial charge on any atom is 0.316 e. The van der Waals surface area contributed by atoms with Gasteiger partial charge in [0.25, 0.3) is 0 Å². The van der Waals surface area contributed by atoms with E-state index in [2.05, 4.69) is 16.3 Å². The summed E-state index contributed by atoms with van der Waals surface area (Å²) < 4.78 is 12.2. The van der Waals surface area contributed by atoms with Crippen LogP contribution in [0.3, 0.4) is 0 Å². The Morgan fingerprint density at radius 3 is 2.59 bits per heavy atom. The van der Waals surface area contributed by atoms with Crippen molar-refractivity contribution in [3.8, 4) is 22.8 Å². The van der Waals surface area contributed by atoms with Crippen LogP contribution >= 0.6 is 11.8 Å². The van der Waals surface area contributed by atoms with E-state index in [0.29, 0.717) is 11.8 Å². The van der Waals surface area contributed by atoms with Crippen LogP contribution in [-0.2, 0) is 9.53 Å². The molecule has 0 bridgehead atoms. The Kier molecular flexibility index (Phi) is 6.13. The largest absolute Gasteiger partial charge is 0.494 e. The molecule has 6 nitrogen and oxygen atoms in total. The van der Waals surface area contributed by atoms with E-state index in [4.69, 9.17) is 9.47 Å². The van der Waals surface area contributed by atoms with Gasteiger partial charge in [0.05, 0.1) is 19.5 Å². The summed E-state index contributed by atoms with van der Waals surface area (Å²) in [7, 11) is 1.37. The molecule has 0 aliphatic rings. The van der Waals surface area contributed by atoms with Crippen LogP contribution in [-0.4, -0.2) is 40.2 Å². The number of hydrogen-bond donors (Lipinski definition) is 0. The van der Waals surface area contributed by atoms with Crippen LogP contribution in [0.5, 0.6) is 5.75 Å². The number of nitrogens with zero attached hydrogens (tertiary/aromatic N) is 3. The Labute approximate surface area is 162 Å². The van der Waals surface area contributed by atoms with Gasteiger partial charge >= 0.3 is 5.97 Å². The van der Waals surface area contributed by atoms with Crippen LogP contribution in [0, 0.1) is 6.92 Å². The molecule has 0 saturated carbocycles. The van der Waals surface area contributed by atoms with Gasteiger partial charge in [0.1, 0.15) is 5.75 Å². The quantitative estimate of drug-likeness (QED) is 0.455. The van der Waals surface area contributed by atoms with Crippen molar-refractivity contribution in [2.24, 2.45) is 0 Å². The van der Waals surface area contributed by atoms with Gasteiger partial charge in [-0.25, -0.2) is 0 Å². The lowest BCUT2D eigenvalue weighted by Gasteiger charge is -2.11. The van der Waals surface area contributed by atoms with Gasteiger partial charge in [0.2, 0.25) is 0 Å². The van der Waals surface area contributed by atoms with Crippen molar-refractivity contribution in [1.82, 2.24) is 14.8 Å². The molecule has 7 heteroatoms. The van der Waals surface area contributed by atoms with Crippen LogP contribution in [0.15, 0.2) is 53.7 Å². The zero-order valence-electron chi connectivity index (χ0n) is 15.5. The first-order chi connectivity index (χ1) is 13.1. The monoisotopic (exact) mass is 383 g/mol. The molecule has 27 heavy (non-hydrogen) atoms. The van der Waals surface area contributed by atoms with Gasteiger partial charge in [-0.3, -0.25) is 9.36 Å². The molecule has 0 N–H and O–H groups in total. The predicted octanol–water partition coefficient (Wildman–Crippen LogP) is 3.91. The summed E-state index contributed by atoms with van der Waals surface area (Å²) in [6.45, 7) is 4.60. The molecule has 0 spiro atoms. The zero-order valence-corrected chi connectivity index (χ0v) is 16.3. The van der Waals surface area contributed by atoms with E-state index < -0.39 is 0 Å². The van der Waals surface area contributed by atoms with Crippen molar-refractivity contribution >= 4 is 17.7 Å². The molecule has 1 heterocycles. The fourth-order valence-electron chi connectivity index (χ4n) is 2.61. The fraction of sp³-hybridized carbons (Fsp3) is 0.250. The number of aromatic nitrogens is 3. The highest BCUT2D eigenvalue weighted by atomic mass is 32.2. The van der Waals surface area contributed by atoms with Gasteiger partial charge in [-0.15, -0.1) is 10.2 Å². The highest BCUT2D eigenvalue weighted by molar-refractivity contribution is 7.99. The molecule has 0 radical (unpaired) electrons. The van der Waals surface area contributed by atoms with E-state index in [-0.39, 0.29) is 11.7 Å². The number of carbonyl (C=O) groups excluding carboxylic acids is 1. The molecule has 0 aliphatic heterocycles. The molecule has 0 amide bonds. The molecule has 0 saturated heterocycles. The van der Waals surface area contributed by atoms with E-state index in [1.54, 1.807) is 0 Å². The van der Waals surface area contributed by atoms with Gasteiger partial charge in [0, 0.05) is 11.3 Å². The molecule has 0 aliphatic carbocycles. The first-order valence-corrected chi connectivity index (χ1v) is 9.56. The lowest BCUT2D eigenvalue weighted by atomic mass is 10.1. The third-order valence-corrected chi connectivity index (χ3v) is 4.76. The topological polar surface area (TPSA) is 66.2 Å². The third kappa shape index (κ3) is 4.49. The van der Waals surface area contributed by atoms with Gasteiger partial charge in [-0.2, -0.15) is 0 Å². The smallest absolute Gasteiger partial charge is 0.316 e. The minimum Gasteiger partial charge on any atom is -0.494 e. The van der Waals surface area contributed by atoms with E-state index in [1.807, 2.05) is 60.9 Å². The second-order valence-electron chi connectivity index (χ2n) is 5.80. The molecule has 0 fully saturated rings. The maximum atomic E-state index is 11.6. The average Bonchev–Trinajstić information content (AvgIpc) is 3.11. The number of rotatable bonds is 7. The maximum absolute atomic E-state index is 11.6. The molecule has 0 unspecified atom stereocenters. The van der Waals surface area contributed by atoms with Gasteiger partial charge in [-0.1, -0.05) is 35.5 Å². The number of benzene rings is 2. The molecule has 0 atom stereocenters. The van der Waals surface area contributed by atoms with Crippen LogP contribution in [0.1, 0.15) is 12.5 Å². The number of carbonyl (C=O) groups is 1. The predicted molar refractivity (Wildman–Crippen MR) is 105 cm³/mol. The summed E-state index contributed by atoms with van der Waals surface area (Å²) in [5, 5.41) is 9.30. The van der Waals surface area contributed by atoms with Gasteiger partial charge in [-0.05, 0) is 44.2 Å². The third-order valence-electron chi connectivity index (χ3n) is 3.86. The summed E-state index contributed by atoms with van der Waals surface area (Å²) >= 11 is 1.29. The average molecular weight is 383 g/mol. The Morgan fingerprint density at radius 2 is 1.93 bits per heavy atom. The Morgan fingerprint density at radius 1 is 1.15 bits per heavy atom. The van der Waals surface area contributed by atoms with Crippen molar-refractivity contribution in [1.29, 1.82) is 0 Å². The molecule has 3 aromatic rings. The Bertz CT molecular complexity index is 922. The molecular formula is C20H21N3O3S. The zero-order chi connectivity index (χ0) is 19.2. The van der Waals surface area contributed by atoms with Crippen molar-refractivity contribution in [2.75, 3.05) is 19.5 Å². The SMILES string of the molecule is CCOc1ccc(-n2c(SCC(=O)OC)nnc2-c2cccc(C)c2)cc1. The van der Waals surface area contributed by atoms with Crippen molar-refractivity contribution < 1.29 is 14.3 Å². The van der Waals surface area contributed by atoms with Crippen LogP contribution in [0.2, 0.25) is 0 Å². The highest BCUT2D eigenvalue weighted by Gasteiger charge is 2.17. The standard InChI is InChI=1S/C20H21N3O3S/c1-4-26-17-10-8-16(9-11-17)23-19(15-7-5-6-14(2)12-15)21-22-20(23)27-13-18(24)25-3/h5-12H,4,13H2,1-3H3. The van der Waals surface area contributed by atoms with Crippen molar-refractivity contribution in [3.05, 3.63) is 54.1 Å². The summed E-state index contributed by atoms with van der Waals surface area (Å²) in [4.78, 5) is 11.6. The number of thioether (sulfide) groups is 1. The summed E-state index contributed by atoms with van der Waals surface area (Å²) in [5.74, 6) is 1.38. The normalized spacial score (nSPS) is 10.6. The van der Waals surface area contributed by atoms with E-state index in [9.17, 15) is 4.79 Å². The van der Waals surface area contributed by atoms with Crippen molar-refractivity contribution in [3.63, 3.8) is 0 Å². The first-order valence-electron chi connectivity index (χ1n) is 8.57.